The van der Waals surface area contributed by atoms with Crippen LogP contribution in [-0.2, 0) is 11.8 Å². The molecule has 2 N–H and O–H groups in total. The predicted molar refractivity (Wildman–Crippen MR) is 51.6 cm³/mol. The first-order valence-electron chi connectivity index (χ1n) is 4.77. The van der Waals surface area contributed by atoms with Crippen LogP contribution in [0, 0.1) is 0 Å². The summed E-state index contributed by atoms with van der Waals surface area (Å²) in [6, 6.07) is -0.345. The summed E-state index contributed by atoms with van der Waals surface area (Å²) in [5.74, 6) is 0. The molecule has 1 heterocycles. The first-order valence-corrected chi connectivity index (χ1v) is 4.77. The summed E-state index contributed by atoms with van der Waals surface area (Å²) < 4.78 is 41.3. The summed E-state index contributed by atoms with van der Waals surface area (Å²) in [4.78, 5) is 0. The number of alkyl halides is 3. The number of halogens is 3. The molecular weight excluding hydrogens is 223 g/mol. The summed E-state index contributed by atoms with van der Waals surface area (Å²) in [6.45, 7) is -1.25. The Hall–Kier alpha value is -1.08. The minimum absolute atomic E-state index is 0.0183. The van der Waals surface area contributed by atoms with Gasteiger partial charge >= 0.3 is 6.18 Å². The van der Waals surface area contributed by atoms with E-state index in [1.54, 1.807) is 24.1 Å². The first-order chi connectivity index (χ1) is 7.38. The van der Waals surface area contributed by atoms with Gasteiger partial charge < -0.3 is 10.5 Å². The van der Waals surface area contributed by atoms with Crippen LogP contribution in [0.15, 0.2) is 12.4 Å². The van der Waals surface area contributed by atoms with Crippen molar-refractivity contribution in [2.45, 2.75) is 18.6 Å². The third-order valence-corrected chi connectivity index (χ3v) is 1.99. The molecule has 0 aromatic carbocycles. The van der Waals surface area contributed by atoms with E-state index in [2.05, 4.69) is 9.84 Å². The van der Waals surface area contributed by atoms with E-state index in [1.165, 1.54) is 0 Å². The van der Waals surface area contributed by atoms with Crippen molar-refractivity contribution in [2.75, 3.05) is 13.2 Å². The maximum Gasteiger partial charge on any atom is 0.411 e. The Labute approximate surface area is 91.2 Å². The number of nitrogens with two attached hydrogens (primary N) is 1. The van der Waals surface area contributed by atoms with E-state index in [9.17, 15) is 13.2 Å². The number of hydrogen-bond acceptors (Lipinski definition) is 3. The Morgan fingerprint density at radius 2 is 2.25 bits per heavy atom. The summed E-state index contributed by atoms with van der Waals surface area (Å²) in [5.41, 5.74) is 6.53. The molecule has 0 saturated carbocycles. The van der Waals surface area contributed by atoms with E-state index in [4.69, 9.17) is 5.73 Å². The zero-order chi connectivity index (χ0) is 12.2. The molecule has 0 amide bonds. The number of hydrogen-bond donors (Lipinski definition) is 1. The van der Waals surface area contributed by atoms with E-state index < -0.39 is 12.8 Å². The van der Waals surface area contributed by atoms with E-state index in [0.29, 0.717) is 6.42 Å². The van der Waals surface area contributed by atoms with Crippen molar-refractivity contribution < 1.29 is 17.9 Å². The second-order valence-corrected chi connectivity index (χ2v) is 3.51. The molecule has 1 aromatic heterocycles. The fourth-order valence-corrected chi connectivity index (χ4v) is 1.20. The van der Waals surface area contributed by atoms with Gasteiger partial charge in [-0.3, -0.25) is 4.68 Å². The van der Waals surface area contributed by atoms with Gasteiger partial charge in [0.1, 0.15) is 6.61 Å². The van der Waals surface area contributed by atoms with Crippen molar-refractivity contribution in [1.82, 2.24) is 9.78 Å². The number of rotatable bonds is 5. The van der Waals surface area contributed by atoms with Crippen molar-refractivity contribution in [3.05, 3.63) is 18.0 Å². The van der Waals surface area contributed by atoms with Gasteiger partial charge in [0, 0.05) is 31.5 Å². The largest absolute Gasteiger partial charge is 0.411 e. The fourth-order valence-electron chi connectivity index (χ4n) is 1.20. The molecule has 0 fully saturated rings. The highest BCUT2D eigenvalue weighted by molar-refractivity contribution is 5.08. The van der Waals surface area contributed by atoms with E-state index in [-0.39, 0.29) is 12.6 Å². The van der Waals surface area contributed by atoms with Gasteiger partial charge in [0.2, 0.25) is 0 Å². The van der Waals surface area contributed by atoms with Crippen LogP contribution in [0.3, 0.4) is 0 Å². The van der Waals surface area contributed by atoms with Crippen LogP contribution in [0.2, 0.25) is 0 Å². The van der Waals surface area contributed by atoms with Gasteiger partial charge in [0.15, 0.2) is 0 Å². The molecule has 1 rings (SSSR count). The highest BCUT2D eigenvalue weighted by atomic mass is 19.4. The molecule has 0 bridgehead atoms. The molecule has 7 heteroatoms. The van der Waals surface area contributed by atoms with Crippen LogP contribution >= 0.6 is 0 Å². The molecule has 4 nitrogen and oxygen atoms in total. The molecule has 0 saturated heterocycles. The molecule has 1 unspecified atom stereocenters. The van der Waals surface area contributed by atoms with Crippen LogP contribution in [0.4, 0.5) is 13.2 Å². The van der Waals surface area contributed by atoms with Gasteiger partial charge in [-0.05, 0) is 6.42 Å². The van der Waals surface area contributed by atoms with Crippen LogP contribution in [0.5, 0.6) is 0 Å². The Kier molecular flexibility index (Phi) is 4.31. The fraction of sp³-hybridized carbons (Fsp3) is 0.667. The maximum atomic E-state index is 11.7. The van der Waals surface area contributed by atoms with E-state index >= 15 is 0 Å². The van der Waals surface area contributed by atoms with Crippen LogP contribution < -0.4 is 5.73 Å². The summed E-state index contributed by atoms with van der Waals surface area (Å²) in [7, 11) is 1.75. The number of ether oxygens (including phenoxy) is 1. The molecule has 0 aliphatic heterocycles. The standard InChI is InChI=1S/C9H14F3N3O/c1-15-5-7(4-14-15)8(13)2-3-16-6-9(10,11)12/h4-5,8H,2-3,6,13H2,1H3. The molecule has 0 radical (unpaired) electrons. The Balaban J connectivity index is 2.23. The smallest absolute Gasteiger partial charge is 0.372 e. The summed E-state index contributed by atoms with van der Waals surface area (Å²) in [6.07, 6.45) is -0.622. The third-order valence-electron chi connectivity index (χ3n) is 1.99. The van der Waals surface area contributed by atoms with Gasteiger partial charge in [0.25, 0.3) is 0 Å². The summed E-state index contributed by atoms with van der Waals surface area (Å²) >= 11 is 0. The molecular formula is C9H14F3N3O. The quantitative estimate of drug-likeness (QED) is 0.787. The Morgan fingerprint density at radius 3 is 2.75 bits per heavy atom. The molecule has 0 aliphatic rings. The predicted octanol–water partition coefficient (Wildman–Crippen LogP) is 1.39. The van der Waals surface area contributed by atoms with Crippen molar-refractivity contribution >= 4 is 0 Å². The molecule has 1 atom stereocenters. The van der Waals surface area contributed by atoms with Gasteiger partial charge in [-0.2, -0.15) is 18.3 Å². The highest BCUT2D eigenvalue weighted by Crippen LogP contribution is 2.16. The Morgan fingerprint density at radius 1 is 1.56 bits per heavy atom. The van der Waals surface area contributed by atoms with Crippen molar-refractivity contribution in [1.29, 1.82) is 0 Å². The zero-order valence-electron chi connectivity index (χ0n) is 8.87. The lowest BCUT2D eigenvalue weighted by molar-refractivity contribution is -0.174. The van der Waals surface area contributed by atoms with Crippen LogP contribution in [0.1, 0.15) is 18.0 Å². The molecule has 1 aromatic rings. The molecule has 0 spiro atoms. The molecule has 16 heavy (non-hydrogen) atoms. The van der Waals surface area contributed by atoms with Gasteiger partial charge in [0.05, 0.1) is 6.20 Å². The number of nitrogens with zero attached hydrogens (tertiary/aromatic N) is 2. The zero-order valence-corrected chi connectivity index (χ0v) is 8.87. The van der Waals surface area contributed by atoms with Crippen LogP contribution in [0.25, 0.3) is 0 Å². The lowest BCUT2D eigenvalue weighted by Crippen LogP contribution is -2.19. The van der Waals surface area contributed by atoms with Gasteiger partial charge in [-0.25, -0.2) is 0 Å². The number of aromatic nitrogens is 2. The van der Waals surface area contributed by atoms with E-state index in [1.807, 2.05) is 0 Å². The lowest BCUT2D eigenvalue weighted by Gasteiger charge is -2.11. The second-order valence-electron chi connectivity index (χ2n) is 3.51. The average molecular weight is 237 g/mol. The topological polar surface area (TPSA) is 53.1 Å². The Bertz CT molecular complexity index is 324. The highest BCUT2D eigenvalue weighted by Gasteiger charge is 2.27. The SMILES string of the molecule is Cn1cc(C(N)CCOCC(F)(F)F)cn1. The monoisotopic (exact) mass is 237 g/mol. The maximum absolute atomic E-state index is 11.7. The number of aryl methyl sites for hydroxylation is 1. The van der Waals surface area contributed by atoms with Crippen molar-refractivity contribution in [2.24, 2.45) is 12.8 Å². The van der Waals surface area contributed by atoms with E-state index in [0.717, 1.165) is 5.56 Å². The van der Waals surface area contributed by atoms with Gasteiger partial charge in [-0.1, -0.05) is 0 Å². The van der Waals surface area contributed by atoms with Crippen molar-refractivity contribution in [3.63, 3.8) is 0 Å². The minimum atomic E-state index is -4.28. The summed E-state index contributed by atoms with van der Waals surface area (Å²) in [5, 5.41) is 3.92. The normalized spacial score (nSPS) is 14.1. The lowest BCUT2D eigenvalue weighted by atomic mass is 10.1. The van der Waals surface area contributed by atoms with Crippen molar-refractivity contribution in [3.8, 4) is 0 Å². The third kappa shape index (κ3) is 4.63. The average Bonchev–Trinajstić information content (AvgIpc) is 2.57. The first kappa shape index (κ1) is 13.0. The molecule has 92 valence electrons. The molecule has 0 aliphatic carbocycles. The van der Waals surface area contributed by atoms with Gasteiger partial charge in [-0.15, -0.1) is 0 Å². The minimum Gasteiger partial charge on any atom is -0.372 e. The second kappa shape index (κ2) is 5.31. The van der Waals surface area contributed by atoms with Crippen LogP contribution in [-0.4, -0.2) is 29.2 Å².